The van der Waals surface area contributed by atoms with Crippen LogP contribution in [0.4, 0.5) is 5.69 Å². The van der Waals surface area contributed by atoms with Gasteiger partial charge in [-0.05, 0) is 19.1 Å². The molecule has 4 nitrogen and oxygen atoms in total. The average Bonchev–Trinajstić information content (AvgIpc) is 2.30. The number of aromatic carboxylic acids is 1. The molecule has 0 amide bonds. The number of carboxylic acid groups (broad SMARTS) is 1. The van der Waals surface area contributed by atoms with Gasteiger partial charge in [0.25, 0.3) is 0 Å². The Labute approximate surface area is 98.7 Å². The highest BCUT2D eigenvalue weighted by atomic mass is 16.4. The Bertz CT molecular complexity index is 562. The predicted octanol–water partition coefficient (Wildman–Crippen LogP) is 2.34. The molecule has 0 spiro atoms. The van der Waals surface area contributed by atoms with Gasteiger partial charge < -0.3 is 10.8 Å². The normalized spacial score (nSPS) is 10.2. The van der Waals surface area contributed by atoms with Crippen molar-refractivity contribution >= 4 is 11.7 Å². The summed E-state index contributed by atoms with van der Waals surface area (Å²) >= 11 is 0. The van der Waals surface area contributed by atoms with E-state index in [1.165, 1.54) is 0 Å². The summed E-state index contributed by atoms with van der Waals surface area (Å²) in [6, 6.07) is 11.0. The summed E-state index contributed by atoms with van der Waals surface area (Å²) in [5, 5.41) is 8.94. The molecule has 1 heterocycles. The Kier molecular flexibility index (Phi) is 2.78. The Hall–Kier alpha value is -2.36. The van der Waals surface area contributed by atoms with Gasteiger partial charge >= 0.3 is 5.97 Å². The SMILES string of the molecule is Cc1ccc(-c2ccc(N)c(C(=O)O)n2)cc1. The zero-order valence-corrected chi connectivity index (χ0v) is 9.34. The van der Waals surface area contributed by atoms with Crippen molar-refractivity contribution in [3.05, 3.63) is 47.7 Å². The van der Waals surface area contributed by atoms with E-state index in [9.17, 15) is 4.79 Å². The van der Waals surface area contributed by atoms with Gasteiger partial charge in [-0.3, -0.25) is 0 Å². The fraction of sp³-hybridized carbons (Fsp3) is 0.0769. The molecule has 4 heteroatoms. The Balaban J connectivity index is 2.50. The van der Waals surface area contributed by atoms with E-state index in [0.29, 0.717) is 5.69 Å². The third-order valence-electron chi connectivity index (χ3n) is 2.48. The van der Waals surface area contributed by atoms with Crippen LogP contribution in [0.5, 0.6) is 0 Å². The number of hydrogen-bond acceptors (Lipinski definition) is 3. The van der Waals surface area contributed by atoms with Gasteiger partial charge in [0.2, 0.25) is 0 Å². The molecule has 2 rings (SSSR count). The minimum Gasteiger partial charge on any atom is -0.476 e. The van der Waals surface area contributed by atoms with Crippen LogP contribution < -0.4 is 5.73 Å². The lowest BCUT2D eigenvalue weighted by atomic mass is 10.1. The molecule has 2 aromatic rings. The molecule has 0 bridgehead atoms. The van der Waals surface area contributed by atoms with Gasteiger partial charge in [-0.15, -0.1) is 0 Å². The summed E-state index contributed by atoms with van der Waals surface area (Å²) in [7, 11) is 0. The van der Waals surface area contributed by atoms with Gasteiger partial charge in [0.1, 0.15) is 0 Å². The second-order valence-electron chi connectivity index (χ2n) is 3.81. The highest BCUT2D eigenvalue weighted by molar-refractivity contribution is 5.92. The first-order chi connectivity index (χ1) is 8.08. The second-order valence-corrected chi connectivity index (χ2v) is 3.81. The Morgan fingerprint density at radius 2 is 1.82 bits per heavy atom. The first kappa shape index (κ1) is 11.1. The van der Waals surface area contributed by atoms with Crippen LogP contribution in [0.2, 0.25) is 0 Å². The Morgan fingerprint density at radius 1 is 1.18 bits per heavy atom. The number of aromatic nitrogens is 1. The Morgan fingerprint density at radius 3 is 2.41 bits per heavy atom. The van der Waals surface area contributed by atoms with Crippen molar-refractivity contribution in [3.63, 3.8) is 0 Å². The van der Waals surface area contributed by atoms with Crippen LogP contribution in [-0.2, 0) is 0 Å². The van der Waals surface area contributed by atoms with Gasteiger partial charge in [-0.1, -0.05) is 29.8 Å². The van der Waals surface area contributed by atoms with Crippen LogP contribution in [0.25, 0.3) is 11.3 Å². The lowest BCUT2D eigenvalue weighted by Crippen LogP contribution is -2.06. The van der Waals surface area contributed by atoms with Gasteiger partial charge in [0, 0.05) is 5.56 Å². The molecule has 86 valence electrons. The lowest BCUT2D eigenvalue weighted by molar-refractivity contribution is 0.0692. The van der Waals surface area contributed by atoms with Crippen LogP contribution in [0.15, 0.2) is 36.4 Å². The third-order valence-corrected chi connectivity index (χ3v) is 2.48. The van der Waals surface area contributed by atoms with Crippen molar-refractivity contribution in [2.75, 3.05) is 5.73 Å². The quantitative estimate of drug-likeness (QED) is 0.827. The van der Waals surface area contributed by atoms with E-state index in [2.05, 4.69) is 4.98 Å². The largest absolute Gasteiger partial charge is 0.476 e. The van der Waals surface area contributed by atoms with Gasteiger partial charge in [0.15, 0.2) is 5.69 Å². The maximum Gasteiger partial charge on any atom is 0.356 e. The fourth-order valence-electron chi connectivity index (χ4n) is 1.53. The number of nitrogen functional groups attached to an aromatic ring is 1. The third kappa shape index (κ3) is 2.25. The van der Waals surface area contributed by atoms with E-state index < -0.39 is 5.97 Å². The number of hydrogen-bond donors (Lipinski definition) is 2. The summed E-state index contributed by atoms with van der Waals surface area (Å²) in [6.45, 7) is 1.99. The number of rotatable bonds is 2. The molecule has 0 radical (unpaired) electrons. The van der Waals surface area contributed by atoms with Gasteiger partial charge in [0.05, 0.1) is 11.4 Å². The standard InChI is InChI=1S/C13H12N2O2/c1-8-2-4-9(5-3-8)11-7-6-10(14)12(15-11)13(16)17/h2-7H,14H2,1H3,(H,16,17). The van der Waals surface area contributed by atoms with Crippen LogP contribution in [-0.4, -0.2) is 16.1 Å². The molecule has 0 aliphatic rings. The van der Waals surface area contributed by atoms with Crippen molar-refractivity contribution in [3.8, 4) is 11.3 Å². The molecule has 0 aliphatic carbocycles. The van der Waals surface area contributed by atoms with Crippen LogP contribution in [0.3, 0.4) is 0 Å². The molecule has 1 aromatic heterocycles. The minimum atomic E-state index is -1.11. The molecular weight excluding hydrogens is 216 g/mol. The van der Waals surface area contributed by atoms with Crippen molar-refractivity contribution in [2.45, 2.75) is 6.92 Å². The molecule has 17 heavy (non-hydrogen) atoms. The van der Waals surface area contributed by atoms with Crippen molar-refractivity contribution in [1.82, 2.24) is 4.98 Å². The zero-order valence-electron chi connectivity index (χ0n) is 9.34. The number of carbonyl (C=O) groups is 1. The first-order valence-electron chi connectivity index (χ1n) is 5.15. The van der Waals surface area contributed by atoms with E-state index in [4.69, 9.17) is 10.8 Å². The highest BCUT2D eigenvalue weighted by Crippen LogP contribution is 2.20. The molecule has 3 N–H and O–H groups in total. The topological polar surface area (TPSA) is 76.2 Å². The maximum absolute atomic E-state index is 10.9. The monoisotopic (exact) mass is 228 g/mol. The van der Waals surface area contributed by atoms with Crippen molar-refractivity contribution in [2.24, 2.45) is 0 Å². The van der Waals surface area contributed by atoms with Crippen molar-refractivity contribution in [1.29, 1.82) is 0 Å². The summed E-state index contributed by atoms with van der Waals surface area (Å²) in [5.41, 5.74) is 8.24. The number of benzene rings is 1. The van der Waals surface area contributed by atoms with E-state index in [0.717, 1.165) is 11.1 Å². The molecule has 1 aromatic carbocycles. The van der Waals surface area contributed by atoms with E-state index in [1.807, 2.05) is 31.2 Å². The fourth-order valence-corrected chi connectivity index (χ4v) is 1.53. The molecular formula is C13H12N2O2. The number of anilines is 1. The number of pyridine rings is 1. The number of nitrogens with zero attached hydrogens (tertiary/aromatic N) is 1. The minimum absolute atomic E-state index is 0.108. The van der Waals surface area contributed by atoms with Crippen LogP contribution in [0, 0.1) is 6.92 Å². The number of carboxylic acids is 1. The first-order valence-corrected chi connectivity index (χ1v) is 5.15. The highest BCUT2D eigenvalue weighted by Gasteiger charge is 2.11. The van der Waals surface area contributed by atoms with Crippen LogP contribution >= 0.6 is 0 Å². The number of nitrogens with two attached hydrogens (primary N) is 1. The average molecular weight is 228 g/mol. The lowest BCUT2D eigenvalue weighted by Gasteiger charge is -2.05. The smallest absolute Gasteiger partial charge is 0.356 e. The van der Waals surface area contributed by atoms with Gasteiger partial charge in [-0.2, -0.15) is 0 Å². The molecule has 0 aliphatic heterocycles. The van der Waals surface area contributed by atoms with Gasteiger partial charge in [-0.25, -0.2) is 9.78 Å². The maximum atomic E-state index is 10.9. The molecule has 0 atom stereocenters. The molecule has 0 saturated carbocycles. The zero-order chi connectivity index (χ0) is 12.4. The van der Waals surface area contributed by atoms with E-state index >= 15 is 0 Å². The second kappa shape index (κ2) is 4.25. The van der Waals surface area contributed by atoms with E-state index in [1.54, 1.807) is 12.1 Å². The van der Waals surface area contributed by atoms with Crippen molar-refractivity contribution < 1.29 is 9.90 Å². The summed E-state index contributed by atoms with van der Waals surface area (Å²) in [4.78, 5) is 15.0. The summed E-state index contributed by atoms with van der Waals surface area (Å²) < 4.78 is 0. The molecule has 0 saturated heterocycles. The summed E-state index contributed by atoms with van der Waals surface area (Å²) in [6.07, 6.45) is 0. The number of aryl methyl sites for hydroxylation is 1. The van der Waals surface area contributed by atoms with Crippen LogP contribution in [0.1, 0.15) is 16.1 Å². The molecule has 0 fully saturated rings. The molecule has 0 unspecified atom stereocenters. The van der Waals surface area contributed by atoms with E-state index in [-0.39, 0.29) is 11.4 Å². The predicted molar refractivity (Wildman–Crippen MR) is 65.8 cm³/mol. The summed E-state index contributed by atoms with van der Waals surface area (Å²) in [5.74, 6) is -1.11.